The molecular formula is C18H19FO3. The number of halogens is 1. The maximum absolute atomic E-state index is 13.0. The first-order valence-electron chi connectivity index (χ1n) is 6.66. The van der Waals surface area contributed by atoms with Crippen molar-refractivity contribution >= 4 is 0 Å². The molecule has 116 valence electrons. The number of hydrogen-bond donors (Lipinski definition) is 2. The first kappa shape index (κ1) is 17.5. The first-order valence-corrected chi connectivity index (χ1v) is 6.66. The van der Waals surface area contributed by atoms with E-state index in [1.807, 2.05) is 0 Å². The highest BCUT2D eigenvalue weighted by atomic mass is 19.1. The molecule has 0 aliphatic rings. The molecular weight excluding hydrogens is 283 g/mol. The summed E-state index contributed by atoms with van der Waals surface area (Å²) in [7, 11) is 0. The van der Waals surface area contributed by atoms with Gasteiger partial charge in [0.2, 0.25) is 0 Å². The van der Waals surface area contributed by atoms with Crippen LogP contribution in [0.3, 0.4) is 0 Å². The fourth-order valence-electron chi connectivity index (χ4n) is 1.58. The van der Waals surface area contributed by atoms with Crippen molar-refractivity contribution in [1.82, 2.24) is 0 Å². The molecule has 0 bridgehead atoms. The number of phenolic OH excluding ortho intramolecular Hbond substituents is 2. The fraction of sp³-hybridized carbons (Fsp3) is 0.111. The van der Waals surface area contributed by atoms with E-state index in [1.165, 1.54) is 24.3 Å². The summed E-state index contributed by atoms with van der Waals surface area (Å²) in [4.78, 5) is 0. The normalized spacial score (nSPS) is 9.50. The summed E-state index contributed by atoms with van der Waals surface area (Å²) < 4.78 is 17.9. The van der Waals surface area contributed by atoms with Crippen LogP contribution in [-0.4, -0.2) is 23.4 Å². The van der Waals surface area contributed by atoms with Crippen LogP contribution < -0.4 is 0 Å². The van der Waals surface area contributed by atoms with Crippen molar-refractivity contribution in [3.05, 3.63) is 73.6 Å². The lowest BCUT2D eigenvalue weighted by Gasteiger charge is -2.02. The Balaban J connectivity index is 0.000000295. The zero-order chi connectivity index (χ0) is 16.4. The van der Waals surface area contributed by atoms with Crippen LogP contribution in [0, 0.1) is 5.82 Å². The molecule has 2 rings (SSSR count). The summed E-state index contributed by atoms with van der Waals surface area (Å²) in [6.07, 6.45) is 3.42. The van der Waals surface area contributed by atoms with Crippen LogP contribution in [0.2, 0.25) is 0 Å². The van der Waals surface area contributed by atoms with Crippen molar-refractivity contribution in [1.29, 1.82) is 0 Å². The van der Waals surface area contributed by atoms with Gasteiger partial charge in [-0.15, -0.1) is 13.2 Å². The quantitative estimate of drug-likeness (QED) is 0.640. The molecule has 0 amide bonds. The first-order chi connectivity index (χ1) is 10.6. The van der Waals surface area contributed by atoms with Crippen LogP contribution in [0.4, 0.5) is 4.39 Å². The topological polar surface area (TPSA) is 49.7 Å². The molecule has 0 fully saturated rings. The Labute approximate surface area is 129 Å². The van der Waals surface area contributed by atoms with Gasteiger partial charge in [0.15, 0.2) is 11.6 Å². The minimum atomic E-state index is -0.652. The van der Waals surface area contributed by atoms with Gasteiger partial charge in [-0.2, -0.15) is 0 Å². The fourth-order valence-corrected chi connectivity index (χ4v) is 1.58. The minimum absolute atomic E-state index is 0.165. The summed E-state index contributed by atoms with van der Waals surface area (Å²) in [5.41, 5.74) is 1.44. The van der Waals surface area contributed by atoms with Crippen molar-refractivity contribution in [2.24, 2.45) is 0 Å². The lowest BCUT2D eigenvalue weighted by molar-refractivity contribution is 0.194. The van der Waals surface area contributed by atoms with Gasteiger partial charge >= 0.3 is 0 Å². The van der Waals surface area contributed by atoms with Crippen LogP contribution in [0.5, 0.6) is 11.5 Å². The molecule has 0 aliphatic carbocycles. The van der Waals surface area contributed by atoms with Gasteiger partial charge in [0.05, 0.1) is 13.2 Å². The maximum atomic E-state index is 13.0. The van der Waals surface area contributed by atoms with Gasteiger partial charge in [0.25, 0.3) is 0 Å². The Kier molecular flexibility index (Phi) is 7.43. The monoisotopic (exact) mass is 302 g/mol. The standard InChI is InChI=1S/C12H9FO2.C6H10O/c13-11-7-9(3-6-12(11)15)8-1-4-10(14)5-2-8;1-3-5-7-6-4-2/h1-7,14-15H;3-4H,1-2,5-6H2. The number of ether oxygens (including phenoxy) is 1. The van der Waals surface area contributed by atoms with E-state index in [1.54, 1.807) is 30.4 Å². The highest BCUT2D eigenvalue weighted by Gasteiger charge is 2.03. The second-order valence-electron chi connectivity index (χ2n) is 4.33. The number of benzene rings is 2. The molecule has 0 spiro atoms. The third-order valence-corrected chi connectivity index (χ3v) is 2.62. The van der Waals surface area contributed by atoms with Gasteiger partial charge in [0.1, 0.15) is 5.75 Å². The van der Waals surface area contributed by atoms with Gasteiger partial charge in [-0.1, -0.05) is 30.4 Å². The Bertz CT molecular complexity index is 598. The summed E-state index contributed by atoms with van der Waals surface area (Å²) >= 11 is 0. The molecule has 0 aliphatic heterocycles. The van der Waals surface area contributed by atoms with Crippen molar-refractivity contribution in [3.63, 3.8) is 0 Å². The van der Waals surface area contributed by atoms with E-state index in [4.69, 9.17) is 14.9 Å². The molecule has 4 heteroatoms. The largest absolute Gasteiger partial charge is 0.508 e. The second-order valence-corrected chi connectivity index (χ2v) is 4.33. The average molecular weight is 302 g/mol. The van der Waals surface area contributed by atoms with Gasteiger partial charge in [-0.3, -0.25) is 0 Å². The predicted molar refractivity (Wildman–Crippen MR) is 86.4 cm³/mol. The molecule has 0 heterocycles. The van der Waals surface area contributed by atoms with E-state index in [-0.39, 0.29) is 11.5 Å². The number of rotatable bonds is 5. The molecule has 2 aromatic rings. The molecule has 0 atom stereocenters. The highest BCUT2D eigenvalue weighted by molar-refractivity contribution is 5.64. The second kappa shape index (κ2) is 9.37. The Hall–Kier alpha value is -2.59. The van der Waals surface area contributed by atoms with E-state index >= 15 is 0 Å². The molecule has 0 aromatic heterocycles. The van der Waals surface area contributed by atoms with Crippen molar-refractivity contribution in [2.45, 2.75) is 0 Å². The Morgan fingerprint density at radius 1 is 0.909 bits per heavy atom. The van der Waals surface area contributed by atoms with Crippen LogP contribution >= 0.6 is 0 Å². The average Bonchev–Trinajstić information content (AvgIpc) is 2.52. The van der Waals surface area contributed by atoms with Crippen LogP contribution in [0.25, 0.3) is 11.1 Å². The van der Waals surface area contributed by atoms with Gasteiger partial charge in [0, 0.05) is 0 Å². The lowest BCUT2D eigenvalue weighted by atomic mass is 10.1. The summed E-state index contributed by atoms with van der Waals surface area (Å²) in [6, 6.07) is 10.6. The van der Waals surface area contributed by atoms with Crippen LogP contribution in [0.15, 0.2) is 67.8 Å². The molecule has 0 unspecified atom stereocenters. The molecule has 0 saturated carbocycles. The number of hydrogen-bond acceptors (Lipinski definition) is 3. The van der Waals surface area contributed by atoms with Crippen molar-refractivity contribution in [2.75, 3.05) is 13.2 Å². The molecule has 22 heavy (non-hydrogen) atoms. The summed E-state index contributed by atoms with van der Waals surface area (Å²) in [5.74, 6) is -0.851. The molecule has 2 aromatic carbocycles. The molecule has 3 nitrogen and oxygen atoms in total. The van der Waals surface area contributed by atoms with Gasteiger partial charge in [-0.25, -0.2) is 4.39 Å². The Morgan fingerprint density at radius 3 is 1.95 bits per heavy atom. The highest BCUT2D eigenvalue weighted by Crippen LogP contribution is 2.25. The molecule has 0 radical (unpaired) electrons. The number of aromatic hydroxyl groups is 2. The van der Waals surface area contributed by atoms with Gasteiger partial charge in [-0.05, 0) is 35.4 Å². The third kappa shape index (κ3) is 5.81. The Morgan fingerprint density at radius 2 is 1.45 bits per heavy atom. The third-order valence-electron chi connectivity index (χ3n) is 2.62. The molecule has 0 saturated heterocycles. The maximum Gasteiger partial charge on any atom is 0.165 e. The van der Waals surface area contributed by atoms with Crippen molar-refractivity contribution < 1.29 is 19.3 Å². The van der Waals surface area contributed by atoms with E-state index in [0.717, 1.165) is 5.56 Å². The van der Waals surface area contributed by atoms with Gasteiger partial charge < -0.3 is 14.9 Å². The van der Waals surface area contributed by atoms with E-state index < -0.39 is 5.82 Å². The smallest absolute Gasteiger partial charge is 0.165 e. The van der Waals surface area contributed by atoms with Crippen LogP contribution in [0.1, 0.15) is 0 Å². The summed E-state index contributed by atoms with van der Waals surface area (Å²) in [6.45, 7) is 8.18. The SMILES string of the molecule is C=CCOCC=C.Oc1ccc(-c2ccc(O)c(F)c2)cc1. The predicted octanol–water partition coefficient (Wildman–Crippen LogP) is 4.28. The zero-order valence-electron chi connectivity index (χ0n) is 12.2. The number of phenols is 2. The van der Waals surface area contributed by atoms with E-state index in [0.29, 0.717) is 18.8 Å². The minimum Gasteiger partial charge on any atom is -0.508 e. The van der Waals surface area contributed by atoms with Crippen LogP contribution in [-0.2, 0) is 4.74 Å². The van der Waals surface area contributed by atoms with E-state index in [2.05, 4.69) is 13.2 Å². The van der Waals surface area contributed by atoms with E-state index in [9.17, 15) is 4.39 Å². The lowest BCUT2D eigenvalue weighted by Crippen LogP contribution is -1.87. The summed E-state index contributed by atoms with van der Waals surface area (Å²) in [5, 5.41) is 18.1. The van der Waals surface area contributed by atoms with Crippen molar-refractivity contribution in [3.8, 4) is 22.6 Å². The molecule has 2 N–H and O–H groups in total. The zero-order valence-corrected chi connectivity index (χ0v) is 12.2.